The molecule has 0 atom stereocenters. The van der Waals surface area contributed by atoms with Crippen molar-refractivity contribution in [2.24, 2.45) is 0 Å². The van der Waals surface area contributed by atoms with Crippen LogP contribution in [-0.2, 0) is 0 Å². The van der Waals surface area contributed by atoms with Crippen LogP contribution in [0, 0.1) is 6.92 Å². The van der Waals surface area contributed by atoms with Gasteiger partial charge in [0.15, 0.2) is 5.76 Å². The Morgan fingerprint density at radius 2 is 1.83 bits per heavy atom. The lowest BCUT2D eigenvalue weighted by Gasteiger charge is -2.03. The number of benzene rings is 2. The third kappa shape index (κ3) is 2.32. The Balaban J connectivity index is 1.89. The number of hydrogen-bond donors (Lipinski definition) is 1. The number of aromatic hydroxyl groups is 1. The molecule has 1 N–H and O–H groups in total. The van der Waals surface area contributed by atoms with Crippen molar-refractivity contribution < 1.29 is 14.3 Å². The number of furan rings is 1. The third-order valence-corrected chi connectivity index (χ3v) is 4.94. The van der Waals surface area contributed by atoms with E-state index in [2.05, 4.69) is 0 Å². The molecule has 3 nitrogen and oxygen atoms in total. The first-order chi connectivity index (χ1) is 11.6. The quantitative estimate of drug-likeness (QED) is 0.510. The zero-order valence-electron chi connectivity index (χ0n) is 12.9. The van der Waals surface area contributed by atoms with Crippen LogP contribution in [-0.4, -0.2) is 10.9 Å². The highest BCUT2D eigenvalue weighted by Gasteiger charge is 2.22. The summed E-state index contributed by atoms with van der Waals surface area (Å²) >= 11 is 1.38. The van der Waals surface area contributed by atoms with Crippen LogP contribution < -0.4 is 0 Å². The largest absolute Gasteiger partial charge is 0.507 e. The lowest BCUT2D eigenvalue weighted by Crippen LogP contribution is -1.98. The van der Waals surface area contributed by atoms with E-state index in [-0.39, 0.29) is 17.3 Å². The van der Waals surface area contributed by atoms with E-state index in [4.69, 9.17) is 4.42 Å². The predicted molar refractivity (Wildman–Crippen MR) is 95.8 cm³/mol. The zero-order chi connectivity index (χ0) is 16.7. The molecule has 4 aromatic rings. The van der Waals surface area contributed by atoms with Gasteiger partial charge in [-0.15, -0.1) is 11.3 Å². The second kappa shape index (κ2) is 5.65. The summed E-state index contributed by atoms with van der Waals surface area (Å²) in [6, 6.07) is 16.9. The van der Waals surface area contributed by atoms with E-state index < -0.39 is 0 Å². The number of thiophene rings is 1. The summed E-state index contributed by atoms with van der Waals surface area (Å²) in [6.45, 7) is 1.80. The molecule has 0 aliphatic heterocycles. The van der Waals surface area contributed by atoms with Crippen molar-refractivity contribution >= 4 is 28.1 Å². The van der Waals surface area contributed by atoms with E-state index in [1.165, 1.54) is 11.3 Å². The number of phenols is 1. The van der Waals surface area contributed by atoms with Crippen molar-refractivity contribution in [1.82, 2.24) is 0 Å². The summed E-state index contributed by atoms with van der Waals surface area (Å²) in [5.41, 5.74) is 3.02. The van der Waals surface area contributed by atoms with Crippen LogP contribution in [0.15, 0.2) is 64.4 Å². The average Bonchev–Trinajstić information content (AvgIpc) is 3.23. The van der Waals surface area contributed by atoms with E-state index in [0.717, 1.165) is 11.1 Å². The van der Waals surface area contributed by atoms with Crippen LogP contribution in [0.3, 0.4) is 0 Å². The van der Waals surface area contributed by atoms with E-state index >= 15 is 0 Å². The van der Waals surface area contributed by atoms with Gasteiger partial charge in [-0.05, 0) is 41.6 Å². The summed E-state index contributed by atoms with van der Waals surface area (Å²) < 4.78 is 5.82. The molecule has 0 spiro atoms. The van der Waals surface area contributed by atoms with Gasteiger partial charge in [0.2, 0.25) is 5.78 Å². The fourth-order valence-corrected chi connectivity index (χ4v) is 3.55. The van der Waals surface area contributed by atoms with Crippen molar-refractivity contribution in [1.29, 1.82) is 0 Å². The van der Waals surface area contributed by atoms with E-state index in [1.54, 1.807) is 19.1 Å². The van der Waals surface area contributed by atoms with Crippen molar-refractivity contribution in [3.05, 3.63) is 76.2 Å². The molecule has 2 aromatic carbocycles. The van der Waals surface area contributed by atoms with Crippen molar-refractivity contribution in [3.8, 4) is 16.9 Å². The van der Waals surface area contributed by atoms with Crippen LogP contribution in [0.25, 0.3) is 22.1 Å². The van der Waals surface area contributed by atoms with Gasteiger partial charge in [0.1, 0.15) is 11.3 Å². The molecule has 0 radical (unpaired) electrons. The molecule has 4 heteroatoms. The summed E-state index contributed by atoms with van der Waals surface area (Å²) in [7, 11) is 0. The Labute approximate surface area is 142 Å². The number of phenolic OH excluding ortho intramolecular Hbond substituents is 1. The van der Waals surface area contributed by atoms with Gasteiger partial charge in [-0.2, -0.15) is 0 Å². The lowest BCUT2D eigenvalue weighted by molar-refractivity contribution is 0.101. The van der Waals surface area contributed by atoms with Crippen molar-refractivity contribution in [2.45, 2.75) is 6.92 Å². The first-order valence-electron chi connectivity index (χ1n) is 7.55. The van der Waals surface area contributed by atoms with Crippen molar-refractivity contribution in [2.75, 3.05) is 0 Å². The van der Waals surface area contributed by atoms with Gasteiger partial charge in [0.25, 0.3) is 0 Å². The van der Waals surface area contributed by atoms with Crippen LogP contribution in [0.5, 0.6) is 5.75 Å². The van der Waals surface area contributed by atoms with Gasteiger partial charge in [0, 0.05) is 5.56 Å². The van der Waals surface area contributed by atoms with Crippen LogP contribution in [0.1, 0.15) is 21.0 Å². The smallest absolute Gasteiger partial charge is 0.238 e. The third-order valence-electron chi connectivity index (χ3n) is 4.07. The fourth-order valence-electron chi connectivity index (χ4n) is 2.89. The molecular formula is C20H14O3S. The molecule has 0 amide bonds. The molecule has 0 bridgehead atoms. The summed E-state index contributed by atoms with van der Waals surface area (Å²) in [5, 5.41) is 12.9. The van der Waals surface area contributed by atoms with Gasteiger partial charge < -0.3 is 9.52 Å². The lowest BCUT2D eigenvalue weighted by atomic mass is 10.0. The normalized spacial score (nSPS) is 11.0. The Morgan fingerprint density at radius 1 is 1.04 bits per heavy atom. The van der Waals surface area contributed by atoms with Crippen molar-refractivity contribution in [3.63, 3.8) is 0 Å². The van der Waals surface area contributed by atoms with Gasteiger partial charge >= 0.3 is 0 Å². The molecule has 24 heavy (non-hydrogen) atoms. The number of hydrogen-bond acceptors (Lipinski definition) is 4. The maximum absolute atomic E-state index is 12.6. The molecule has 0 aliphatic rings. The molecule has 118 valence electrons. The number of fused-ring (bicyclic) bond motifs is 1. The maximum Gasteiger partial charge on any atom is 0.238 e. The molecule has 0 aliphatic carbocycles. The van der Waals surface area contributed by atoms with Gasteiger partial charge in [-0.25, -0.2) is 0 Å². The Morgan fingerprint density at radius 3 is 2.54 bits per heavy atom. The molecule has 0 saturated heterocycles. The first kappa shape index (κ1) is 14.7. The molecule has 0 unspecified atom stereocenters. The summed E-state index contributed by atoms with van der Waals surface area (Å²) in [5.74, 6) is 0.255. The Hall–Kier alpha value is -2.85. The number of rotatable bonds is 3. The second-order valence-electron chi connectivity index (χ2n) is 5.60. The first-order valence-corrected chi connectivity index (χ1v) is 8.43. The van der Waals surface area contributed by atoms with Crippen LogP contribution >= 0.6 is 11.3 Å². The van der Waals surface area contributed by atoms with Crippen LogP contribution in [0.2, 0.25) is 0 Å². The summed E-state index contributed by atoms with van der Waals surface area (Å²) in [6.07, 6.45) is 0. The minimum atomic E-state index is -0.153. The van der Waals surface area contributed by atoms with E-state index in [9.17, 15) is 9.90 Å². The Kier molecular flexibility index (Phi) is 3.47. The van der Waals surface area contributed by atoms with Crippen LogP contribution in [0.4, 0.5) is 0 Å². The SMILES string of the molecule is Cc1c(C(=O)c2cccs2)oc2cc(-c3ccccc3)cc(O)c12. The minimum Gasteiger partial charge on any atom is -0.507 e. The summed E-state index contributed by atoms with van der Waals surface area (Å²) in [4.78, 5) is 13.2. The Bertz CT molecular complexity index is 1030. The highest BCUT2D eigenvalue weighted by molar-refractivity contribution is 7.12. The molecule has 0 fully saturated rings. The number of carbonyl (C=O) groups excluding carboxylic acids is 1. The highest BCUT2D eigenvalue weighted by atomic mass is 32.1. The minimum absolute atomic E-state index is 0.123. The van der Waals surface area contributed by atoms with Gasteiger partial charge in [0.05, 0.1) is 10.3 Å². The molecule has 0 saturated carbocycles. The van der Waals surface area contributed by atoms with E-state index in [0.29, 0.717) is 21.4 Å². The number of carbonyl (C=O) groups is 1. The monoisotopic (exact) mass is 334 g/mol. The fraction of sp³-hybridized carbons (Fsp3) is 0.0500. The number of ketones is 1. The molecule has 4 rings (SSSR count). The zero-order valence-corrected chi connectivity index (χ0v) is 13.8. The standard InChI is InChI=1S/C20H14O3S/c1-12-18-15(21)10-14(13-6-3-2-4-7-13)11-16(18)23-20(12)19(22)17-8-5-9-24-17/h2-11,21H,1H3. The number of aryl methyl sites for hydroxylation is 1. The molecular weight excluding hydrogens is 320 g/mol. The second-order valence-corrected chi connectivity index (χ2v) is 6.54. The average molecular weight is 334 g/mol. The van der Waals surface area contributed by atoms with Gasteiger partial charge in [-0.1, -0.05) is 36.4 Å². The maximum atomic E-state index is 12.6. The highest BCUT2D eigenvalue weighted by Crippen LogP contribution is 2.37. The van der Waals surface area contributed by atoms with Gasteiger partial charge in [-0.3, -0.25) is 4.79 Å². The predicted octanol–water partition coefficient (Wildman–Crippen LogP) is 5.41. The molecule has 2 aromatic heterocycles. The molecule has 2 heterocycles. The van der Waals surface area contributed by atoms with E-state index in [1.807, 2.05) is 47.8 Å². The topological polar surface area (TPSA) is 50.4 Å².